The Hall–Kier alpha value is 0.430. The van der Waals surface area contributed by atoms with Crippen molar-refractivity contribution in [2.75, 3.05) is 6.54 Å². The lowest BCUT2D eigenvalue weighted by Gasteiger charge is -2.12. The molecule has 0 aromatic carbocycles. The van der Waals surface area contributed by atoms with Crippen LogP contribution in [0.4, 0.5) is 0 Å². The Morgan fingerprint density at radius 1 is 1.47 bits per heavy atom. The van der Waals surface area contributed by atoms with Crippen molar-refractivity contribution < 1.29 is 0 Å². The average molecular weight is 311 g/mol. The smallest absolute Gasteiger partial charge is 0.107 e. The molecular formula is C11H17BrClNS. The molecule has 1 rings (SSSR count). The summed E-state index contributed by atoms with van der Waals surface area (Å²) in [6, 6.07) is 2.09. The van der Waals surface area contributed by atoms with Crippen LogP contribution in [0.15, 0.2) is 10.5 Å². The molecule has 0 aliphatic carbocycles. The molecule has 0 unspecified atom stereocenters. The van der Waals surface area contributed by atoms with Crippen molar-refractivity contribution >= 4 is 38.9 Å². The van der Waals surface area contributed by atoms with Gasteiger partial charge in [-0.25, -0.2) is 0 Å². The summed E-state index contributed by atoms with van der Waals surface area (Å²) in [5.74, 6) is 0.795. The summed E-state index contributed by atoms with van der Waals surface area (Å²) in [5, 5.41) is 3.48. The Balaban J connectivity index is 2.31. The number of nitrogens with one attached hydrogen (secondary N) is 1. The third kappa shape index (κ3) is 4.43. The fourth-order valence-corrected chi connectivity index (χ4v) is 3.22. The van der Waals surface area contributed by atoms with Crippen LogP contribution in [0, 0.1) is 5.92 Å². The molecule has 0 saturated heterocycles. The molecule has 0 atom stereocenters. The molecule has 0 aliphatic rings. The summed E-state index contributed by atoms with van der Waals surface area (Å²) in [6.45, 7) is 6.51. The van der Waals surface area contributed by atoms with E-state index >= 15 is 0 Å². The molecule has 1 aromatic heterocycles. The molecule has 86 valence electrons. The number of halogens is 2. The summed E-state index contributed by atoms with van der Waals surface area (Å²) in [4.78, 5) is 1.29. The van der Waals surface area contributed by atoms with Gasteiger partial charge in [-0.15, -0.1) is 11.3 Å². The lowest BCUT2D eigenvalue weighted by Crippen LogP contribution is -2.21. The normalized spacial score (nSPS) is 11.3. The fraction of sp³-hybridized carbons (Fsp3) is 0.636. The number of thiophene rings is 1. The van der Waals surface area contributed by atoms with E-state index in [2.05, 4.69) is 41.2 Å². The minimum Gasteiger partial charge on any atom is -0.312 e. The number of rotatable bonds is 6. The van der Waals surface area contributed by atoms with Gasteiger partial charge in [0, 0.05) is 15.9 Å². The molecule has 1 heterocycles. The molecule has 0 fully saturated rings. The van der Waals surface area contributed by atoms with Gasteiger partial charge < -0.3 is 5.32 Å². The molecule has 0 radical (unpaired) electrons. The van der Waals surface area contributed by atoms with Crippen LogP contribution in [-0.4, -0.2) is 6.54 Å². The van der Waals surface area contributed by atoms with Crippen molar-refractivity contribution in [1.29, 1.82) is 0 Å². The molecule has 4 heteroatoms. The van der Waals surface area contributed by atoms with E-state index in [1.54, 1.807) is 11.3 Å². The fourth-order valence-electron chi connectivity index (χ4n) is 1.46. The summed E-state index contributed by atoms with van der Waals surface area (Å²) in [7, 11) is 0. The van der Waals surface area contributed by atoms with Crippen molar-refractivity contribution in [2.24, 2.45) is 5.92 Å². The van der Waals surface area contributed by atoms with Gasteiger partial charge in [0.05, 0.1) is 0 Å². The maximum atomic E-state index is 5.97. The molecule has 1 aromatic rings. The Kier molecular flexibility index (Phi) is 6.20. The lowest BCUT2D eigenvalue weighted by molar-refractivity contribution is 0.450. The molecule has 0 saturated carbocycles. The van der Waals surface area contributed by atoms with Crippen molar-refractivity contribution in [3.05, 3.63) is 19.8 Å². The van der Waals surface area contributed by atoms with Crippen molar-refractivity contribution in [3.63, 3.8) is 0 Å². The second-order valence-corrected chi connectivity index (χ2v) is 6.24. The van der Waals surface area contributed by atoms with Crippen molar-refractivity contribution in [2.45, 2.75) is 33.2 Å². The standard InChI is InChI=1S/C11H17BrClNS/c1-3-8(4-2)6-14-7-9-5-10(12)11(13)15-9/h5,8,14H,3-4,6-7H2,1-2H3. The van der Waals surface area contributed by atoms with Gasteiger partial charge in [-0.1, -0.05) is 38.3 Å². The first kappa shape index (κ1) is 13.5. The lowest BCUT2D eigenvalue weighted by atomic mass is 10.0. The molecule has 1 nitrogen and oxygen atoms in total. The molecule has 0 aliphatic heterocycles. The maximum Gasteiger partial charge on any atom is 0.107 e. The van der Waals surface area contributed by atoms with Gasteiger partial charge in [0.2, 0.25) is 0 Å². The van der Waals surface area contributed by atoms with E-state index in [0.29, 0.717) is 0 Å². The van der Waals surface area contributed by atoms with Crippen LogP contribution in [0.25, 0.3) is 0 Å². The highest BCUT2D eigenvalue weighted by Crippen LogP contribution is 2.31. The summed E-state index contributed by atoms with van der Waals surface area (Å²) < 4.78 is 1.85. The Labute approximate surface area is 109 Å². The first-order valence-electron chi connectivity index (χ1n) is 5.31. The Morgan fingerprint density at radius 3 is 2.60 bits per heavy atom. The van der Waals surface area contributed by atoms with Crippen LogP contribution < -0.4 is 5.32 Å². The van der Waals surface area contributed by atoms with E-state index in [1.807, 2.05) is 0 Å². The average Bonchev–Trinajstić information content (AvgIpc) is 2.53. The van der Waals surface area contributed by atoms with Crippen LogP contribution in [-0.2, 0) is 6.54 Å². The van der Waals surface area contributed by atoms with Crippen LogP contribution >= 0.6 is 38.9 Å². The molecule has 0 amide bonds. The highest BCUT2D eigenvalue weighted by molar-refractivity contribution is 9.10. The zero-order valence-corrected chi connectivity index (χ0v) is 12.3. The first-order valence-corrected chi connectivity index (χ1v) is 7.30. The van der Waals surface area contributed by atoms with Gasteiger partial charge in [-0.2, -0.15) is 0 Å². The second-order valence-electron chi connectivity index (χ2n) is 3.65. The molecule has 0 bridgehead atoms. The van der Waals surface area contributed by atoms with Crippen LogP contribution in [0.1, 0.15) is 31.6 Å². The first-order chi connectivity index (χ1) is 7.17. The number of hydrogen-bond acceptors (Lipinski definition) is 2. The Bertz CT molecular complexity index is 277. The highest BCUT2D eigenvalue weighted by atomic mass is 79.9. The molecular weight excluding hydrogens is 294 g/mol. The Morgan fingerprint density at radius 2 is 2.13 bits per heavy atom. The van der Waals surface area contributed by atoms with E-state index in [9.17, 15) is 0 Å². The van der Waals surface area contributed by atoms with Crippen LogP contribution in [0.3, 0.4) is 0 Å². The van der Waals surface area contributed by atoms with Gasteiger partial charge in [0.1, 0.15) is 4.34 Å². The second kappa shape index (κ2) is 6.89. The van der Waals surface area contributed by atoms with Gasteiger partial charge in [-0.05, 0) is 34.5 Å². The monoisotopic (exact) mass is 309 g/mol. The van der Waals surface area contributed by atoms with E-state index < -0.39 is 0 Å². The third-order valence-electron chi connectivity index (χ3n) is 2.58. The van der Waals surface area contributed by atoms with Gasteiger partial charge in [0.15, 0.2) is 0 Å². The van der Waals surface area contributed by atoms with E-state index in [1.165, 1.54) is 17.7 Å². The van der Waals surface area contributed by atoms with Crippen LogP contribution in [0.5, 0.6) is 0 Å². The van der Waals surface area contributed by atoms with E-state index in [0.717, 1.165) is 27.8 Å². The van der Waals surface area contributed by atoms with Gasteiger partial charge in [-0.3, -0.25) is 0 Å². The van der Waals surface area contributed by atoms with Crippen molar-refractivity contribution in [1.82, 2.24) is 5.32 Å². The quantitative estimate of drug-likeness (QED) is 0.804. The summed E-state index contributed by atoms with van der Waals surface area (Å²) in [6.07, 6.45) is 2.50. The largest absolute Gasteiger partial charge is 0.312 e. The van der Waals surface area contributed by atoms with Crippen molar-refractivity contribution in [3.8, 4) is 0 Å². The van der Waals surface area contributed by atoms with Crippen LogP contribution in [0.2, 0.25) is 4.34 Å². The van der Waals surface area contributed by atoms with Gasteiger partial charge in [0.25, 0.3) is 0 Å². The number of hydrogen-bond donors (Lipinski definition) is 1. The zero-order chi connectivity index (χ0) is 11.3. The minimum atomic E-state index is 0.795. The predicted octanol–water partition coefficient (Wildman–Crippen LogP) is 4.69. The predicted molar refractivity (Wildman–Crippen MR) is 72.8 cm³/mol. The highest BCUT2D eigenvalue weighted by Gasteiger charge is 2.06. The van der Waals surface area contributed by atoms with Gasteiger partial charge >= 0.3 is 0 Å². The minimum absolute atomic E-state index is 0.795. The topological polar surface area (TPSA) is 12.0 Å². The van der Waals surface area contributed by atoms with E-state index in [4.69, 9.17) is 11.6 Å². The summed E-state index contributed by atoms with van der Waals surface area (Å²) in [5.41, 5.74) is 0. The summed E-state index contributed by atoms with van der Waals surface area (Å²) >= 11 is 11.0. The SMILES string of the molecule is CCC(CC)CNCc1cc(Br)c(Cl)s1. The third-order valence-corrected chi connectivity index (χ3v) is 5.06. The zero-order valence-electron chi connectivity index (χ0n) is 9.15. The maximum absolute atomic E-state index is 5.97. The molecule has 15 heavy (non-hydrogen) atoms. The molecule has 0 spiro atoms. The molecule has 1 N–H and O–H groups in total. The van der Waals surface area contributed by atoms with E-state index in [-0.39, 0.29) is 0 Å².